The Morgan fingerprint density at radius 2 is 1.96 bits per heavy atom. The zero-order valence-corrected chi connectivity index (χ0v) is 15.8. The SMILES string of the molecule is CCCCC1(CCC(C)C)C(=O)N(C)C(CCN)c2ccccc21. The first kappa shape index (κ1) is 19.0. The molecule has 0 saturated carbocycles. The molecule has 3 heteroatoms. The van der Waals surface area contributed by atoms with Crippen LogP contribution >= 0.6 is 0 Å². The van der Waals surface area contributed by atoms with Gasteiger partial charge in [0.1, 0.15) is 0 Å². The van der Waals surface area contributed by atoms with Crippen LogP contribution in [0, 0.1) is 5.92 Å². The molecule has 2 atom stereocenters. The largest absolute Gasteiger partial charge is 0.338 e. The van der Waals surface area contributed by atoms with E-state index in [0.29, 0.717) is 18.4 Å². The van der Waals surface area contributed by atoms with Gasteiger partial charge in [0.05, 0.1) is 11.5 Å². The fourth-order valence-electron chi connectivity index (χ4n) is 4.16. The molecule has 1 heterocycles. The van der Waals surface area contributed by atoms with Crippen LogP contribution in [0.3, 0.4) is 0 Å². The lowest BCUT2D eigenvalue weighted by Gasteiger charge is -2.46. The third-order valence-electron chi connectivity index (χ3n) is 5.58. The van der Waals surface area contributed by atoms with Gasteiger partial charge < -0.3 is 10.6 Å². The summed E-state index contributed by atoms with van der Waals surface area (Å²) in [6.45, 7) is 7.29. The highest BCUT2D eigenvalue weighted by Gasteiger charge is 2.48. The van der Waals surface area contributed by atoms with E-state index in [1.165, 1.54) is 11.1 Å². The summed E-state index contributed by atoms with van der Waals surface area (Å²) in [5.74, 6) is 0.907. The Labute approximate surface area is 147 Å². The van der Waals surface area contributed by atoms with Gasteiger partial charge in [-0.05, 0) is 49.3 Å². The van der Waals surface area contributed by atoms with Gasteiger partial charge in [0.25, 0.3) is 0 Å². The van der Waals surface area contributed by atoms with Crippen molar-refractivity contribution < 1.29 is 4.79 Å². The number of nitrogens with zero attached hydrogens (tertiary/aromatic N) is 1. The fraction of sp³-hybridized carbons (Fsp3) is 0.667. The van der Waals surface area contributed by atoms with E-state index in [4.69, 9.17) is 5.73 Å². The van der Waals surface area contributed by atoms with Gasteiger partial charge in [-0.2, -0.15) is 0 Å². The van der Waals surface area contributed by atoms with Gasteiger partial charge in [-0.25, -0.2) is 0 Å². The summed E-state index contributed by atoms with van der Waals surface area (Å²) in [5, 5.41) is 0. The van der Waals surface area contributed by atoms with E-state index in [1.807, 2.05) is 11.9 Å². The van der Waals surface area contributed by atoms with Gasteiger partial charge >= 0.3 is 0 Å². The number of likely N-dealkylation sites (N-methyl/N-ethyl adjacent to an activating group) is 1. The van der Waals surface area contributed by atoms with Crippen LogP contribution in [0.4, 0.5) is 0 Å². The van der Waals surface area contributed by atoms with Crippen molar-refractivity contribution in [1.29, 1.82) is 0 Å². The molecule has 0 spiro atoms. The molecular formula is C21H34N2O. The molecule has 0 bridgehead atoms. The van der Waals surface area contributed by atoms with Crippen molar-refractivity contribution >= 4 is 5.91 Å². The number of nitrogens with two attached hydrogens (primary N) is 1. The average molecular weight is 331 g/mol. The normalized spacial score (nSPS) is 23.7. The quantitative estimate of drug-likeness (QED) is 0.767. The third-order valence-corrected chi connectivity index (χ3v) is 5.58. The Hall–Kier alpha value is -1.35. The monoisotopic (exact) mass is 330 g/mol. The van der Waals surface area contributed by atoms with Crippen LogP contribution in [-0.2, 0) is 10.2 Å². The summed E-state index contributed by atoms with van der Waals surface area (Å²) in [7, 11) is 1.97. The zero-order valence-electron chi connectivity index (χ0n) is 15.8. The number of carbonyl (C=O) groups excluding carboxylic acids is 1. The summed E-state index contributed by atoms with van der Waals surface area (Å²) in [4.78, 5) is 15.5. The van der Waals surface area contributed by atoms with E-state index >= 15 is 0 Å². The molecule has 2 unspecified atom stereocenters. The van der Waals surface area contributed by atoms with E-state index in [0.717, 1.165) is 38.5 Å². The number of hydrogen-bond donors (Lipinski definition) is 1. The molecule has 0 aromatic heterocycles. The maximum atomic E-state index is 13.5. The Balaban J connectivity index is 2.53. The molecule has 0 fully saturated rings. The number of amides is 1. The molecule has 0 aliphatic carbocycles. The molecule has 134 valence electrons. The van der Waals surface area contributed by atoms with Crippen molar-refractivity contribution in [2.24, 2.45) is 11.7 Å². The van der Waals surface area contributed by atoms with Gasteiger partial charge in [0.2, 0.25) is 5.91 Å². The molecule has 0 saturated heterocycles. The average Bonchev–Trinajstić information content (AvgIpc) is 2.58. The third kappa shape index (κ3) is 3.51. The zero-order chi connectivity index (χ0) is 17.7. The highest BCUT2D eigenvalue weighted by molar-refractivity contribution is 5.90. The molecule has 2 rings (SSSR count). The van der Waals surface area contributed by atoms with E-state index in [9.17, 15) is 4.79 Å². The molecule has 3 nitrogen and oxygen atoms in total. The smallest absolute Gasteiger partial charge is 0.233 e. The van der Waals surface area contributed by atoms with Crippen molar-refractivity contribution in [3.63, 3.8) is 0 Å². The second-order valence-electron chi connectivity index (χ2n) is 7.71. The lowest BCUT2D eigenvalue weighted by Crippen LogP contribution is -2.52. The maximum absolute atomic E-state index is 13.5. The first-order valence-corrected chi connectivity index (χ1v) is 9.54. The second-order valence-corrected chi connectivity index (χ2v) is 7.71. The molecule has 1 aromatic rings. The van der Waals surface area contributed by atoms with Crippen molar-refractivity contribution in [3.8, 4) is 0 Å². The van der Waals surface area contributed by atoms with Crippen LogP contribution in [0.2, 0.25) is 0 Å². The molecule has 24 heavy (non-hydrogen) atoms. The van der Waals surface area contributed by atoms with Crippen LogP contribution in [0.15, 0.2) is 24.3 Å². The van der Waals surface area contributed by atoms with Gasteiger partial charge in [-0.15, -0.1) is 0 Å². The lowest BCUT2D eigenvalue weighted by atomic mass is 9.66. The summed E-state index contributed by atoms with van der Waals surface area (Å²) >= 11 is 0. The summed E-state index contributed by atoms with van der Waals surface area (Å²) in [6.07, 6.45) is 6.01. The van der Waals surface area contributed by atoms with Crippen LogP contribution in [0.1, 0.15) is 76.5 Å². The van der Waals surface area contributed by atoms with E-state index in [-0.39, 0.29) is 11.5 Å². The molecule has 0 radical (unpaired) electrons. The van der Waals surface area contributed by atoms with Crippen LogP contribution in [0.5, 0.6) is 0 Å². The standard InChI is InChI=1S/C21H34N2O/c1-5-6-13-21(14-11-16(2)3)18-10-8-7-9-17(18)19(12-15-22)23(4)20(21)24/h7-10,16,19H,5-6,11-15,22H2,1-4H3. The minimum Gasteiger partial charge on any atom is -0.338 e. The van der Waals surface area contributed by atoms with E-state index < -0.39 is 0 Å². The fourth-order valence-corrected chi connectivity index (χ4v) is 4.16. The van der Waals surface area contributed by atoms with Gasteiger partial charge in [0, 0.05) is 7.05 Å². The maximum Gasteiger partial charge on any atom is 0.233 e. The number of hydrogen-bond acceptors (Lipinski definition) is 2. The molecule has 1 aliphatic heterocycles. The van der Waals surface area contributed by atoms with Gasteiger partial charge in [-0.1, -0.05) is 57.9 Å². The van der Waals surface area contributed by atoms with E-state index in [1.54, 1.807) is 0 Å². The van der Waals surface area contributed by atoms with E-state index in [2.05, 4.69) is 45.0 Å². The Kier molecular flexibility index (Phi) is 6.45. The van der Waals surface area contributed by atoms with Crippen LogP contribution in [-0.4, -0.2) is 24.4 Å². The number of benzene rings is 1. The van der Waals surface area contributed by atoms with Crippen molar-refractivity contribution in [1.82, 2.24) is 4.90 Å². The lowest BCUT2D eigenvalue weighted by molar-refractivity contribution is -0.141. The highest BCUT2D eigenvalue weighted by Crippen LogP contribution is 2.47. The molecule has 1 aromatic carbocycles. The minimum absolute atomic E-state index is 0.118. The molecule has 1 aliphatic rings. The Bertz CT molecular complexity index is 555. The first-order valence-electron chi connectivity index (χ1n) is 9.54. The topological polar surface area (TPSA) is 46.3 Å². The van der Waals surface area contributed by atoms with Crippen LogP contribution < -0.4 is 5.73 Å². The van der Waals surface area contributed by atoms with Gasteiger partial charge in [0.15, 0.2) is 0 Å². The minimum atomic E-state index is -0.350. The van der Waals surface area contributed by atoms with Crippen molar-refractivity contribution in [3.05, 3.63) is 35.4 Å². The first-order chi connectivity index (χ1) is 11.5. The Morgan fingerprint density at radius 3 is 2.58 bits per heavy atom. The molecule has 1 amide bonds. The summed E-state index contributed by atoms with van der Waals surface area (Å²) < 4.78 is 0. The Morgan fingerprint density at radius 1 is 1.25 bits per heavy atom. The molecule has 2 N–H and O–H groups in total. The number of carbonyl (C=O) groups is 1. The molecular weight excluding hydrogens is 296 g/mol. The number of unbranched alkanes of at least 4 members (excludes halogenated alkanes) is 1. The summed E-state index contributed by atoms with van der Waals surface area (Å²) in [6, 6.07) is 8.70. The number of fused-ring (bicyclic) bond motifs is 1. The number of rotatable bonds is 8. The van der Waals surface area contributed by atoms with Crippen molar-refractivity contribution in [2.75, 3.05) is 13.6 Å². The van der Waals surface area contributed by atoms with Crippen molar-refractivity contribution in [2.45, 2.75) is 70.8 Å². The van der Waals surface area contributed by atoms with Gasteiger partial charge in [-0.3, -0.25) is 4.79 Å². The predicted octanol–water partition coefficient (Wildman–Crippen LogP) is 4.41. The van der Waals surface area contributed by atoms with Crippen LogP contribution in [0.25, 0.3) is 0 Å². The predicted molar refractivity (Wildman–Crippen MR) is 101 cm³/mol. The highest BCUT2D eigenvalue weighted by atomic mass is 16.2. The summed E-state index contributed by atoms with van der Waals surface area (Å²) in [5.41, 5.74) is 8.06. The second kappa shape index (κ2) is 8.15.